The number of nitrogens with one attached hydrogen (secondary N) is 3. The number of imidazole rings is 1. The number of amidine groups is 1. The average Bonchev–Trinajstić information content (AvgIpc) is 3.78. The van der Waals surface area contributed by atoms with Gasteiger partial charge in [-0.3, -0.25) is 4.57 Å². The van der Waals surface area contributed by atoms with Gasteiger partial charge in [-0.15, -0.1) is 0 Å². The predicted octanol–water partition coefficient (Wildman–Crippen LogP) is 8.52. The Morgan fingerprint density at radius 2 is 1.39 bits per heavy atom. The van der Waals surface area contributed by atoms with Crippen molar-refractivity contribution in [1.82, 2.24) is 20.2 Å². The Balaban J connectivity index is 1.09. The molecular formula is C50H55N6O6+. The molecule has 0 spiro atoms. The first-order valence-corrected chi connectivity index (χ1v) is 21.3. The number of nitrogens with zero attached hydrogens (tertiary/aromatic N) is 3. The maximum Gasteiger partial charge on any atom is 0.343 e. The first-order valence-electron chi connectivity index (χ1n) is 21.3. The molecule has 0 fully saturated rings. The highest BCUT2D eigenvalue weighted by atomic mass is 16.6. The van der Waals surface area contributed by atoms with Crippen molar-refractivity contribution in [3.05, 3.63) is 149 Å². The van der Waals surface area contributed by atoms with Crippen LogP contribution in [0.15, 0.2) is 143 Å². The van der Waals surface area contributed by atoms with Crippen LogP contribution in [0.25, 0.3) is 32.6 Å². The number of aliphatic hydroxyl groups excluding tert-OH is 2. The van der Waals surface area contributed by atoms with E-state index in [-0.39, 0.29) is 18.8 Å². The molecule has 5 N–H and O–H groups in total. The Kier molecular flexibility index (Phi) is 12.4. The molecule has 12 heteroatoms. The van der Waals surface area contributed by atoms with Crippen molar-refractivity contribution in [3.63, 3.8) is 0 Å². The number of aliphatic hydroxyl groups is 2. The zero-order valence-corrected chi connectivity index (χ0v) is 35.6. The number of aromatic amines is 1. The van der Waals surface area contributed by atoms with Crippen molar-refractivity contribution >= 4 is 49.8 Å². The Labute approximate surface area is 360 Å². The summed E-state index contributed by atoms with van der Waals surface area (Å²) in [4.78, 5) is 33.8. The third kappa shape index (κ3) is 9.49. The number of hydrogen-bond acceptors (Lipinski definition) is 9. The van der Waals surface area contributed by atoms with Gasteiger partial charge in [-0.25, -0.2) is 4.79 Å². The topological polar surface area (TPSA) is 153 Å². The normalized spacial score (nSPS) is 15.1. The van der Waals surface area contributed by atoms with Gasteiger partial charge in [0.15, 0.2) is 0 Å². The number of H-pyrrole nitrogens is 1. The Morgan fingerprint density at radius 3 is 2.13 bits per heavy atom. The molecule has 0 aliphatic carbocycles. The maximum absolute atomic E-state index is 13.1. The number of aliphatic imine (C=N–C) groups is 1. The lowest BCUT2D eigenvalue weighted by Gasteiger charge is -2.41. The highest BCUT2D eigenvalue weighted by molar-refractivity contribution is 5.89. The minimum Gasteiger partial charge on any atom is -0.490 e. The van der Waals surface area contributed by atoms with Gasteiger partial charge in [0.2, 0.25) is 17.7 Å². The van der Waals surface area contributed by atoms with Gasteiger partial charge in [-0.2, -0.15) is 0 Å². The van der Waals surface area contributed by atoms with Gasteiger partial charge in [0, 0.05) is 45.7 Å². The molecule has 6 aromatic carbocycles. The van der Waals surface area contributed by atoms with Crippen LogP contribution in [0, 0.1) is 10.8 Å². The van der Waals surface area contributed by atoms with Gasteiger partial charge >= 0.3 is 11.5 Å². The lowest BCUT2D eigenvalue weighted by Crippen LogP contribution is -2.61. The summed E-state index contributed by atoms with van der Waals surface area (Å²) >= 11 is 0. The smallest absolute Gasteiger partial charge is 0.343 e. The van der Waals surface area contributed by atoms with Crippen LogP contribution in [0.3, 0.4) is 0 Å². The molecule has 1 aliphatic heterocycles. The van der Waals surface area contributed by atoms with E-state index < -0.39 is 35.4 Å². The van der Waals surface area contributed by atoms with Gasteiger partial charge < -0.3 is 35.3 Å². The second-order valence-corrected chi connectivity index (χ2v) is 17.5. The molecule has 4 atom stereocenters. The fraction of sp³-hybridized carbons (Fsp3) is 0.320. The average molecular weight is 836 g/mol. The lowest BCUT2D eigenvalue weighted by atomic mass is 9.88. The van der Waals surface area contributed by atoms with Crippen molar-refractivity contribution in [1.29, 1.82) is 0 Å². The van der Waals surface area contributed by atoms with Crippen molar-refractivity contribution in [2.24, 2.45) is 10.9 Å². The van der Waals surface area contributed by atoms with Crippen LogP contribution < -0.4 is 25.8 Å². The summed E-state index contributed by atoms with van der Waals surface area (Å²) in [5, 5.41) is 35.9. The van der Waals surface area contributed by atoms with E-state index in [4.69, 9.17) is 9.47 Å². The Morgan fingerprint density at radius 1 is 0.758 bits per heavy atom. The Hall–Kier alpha value is -6.18. The van der Waals surface area contributed by atoms with E-state index in [1.165, 1.54) is 0 Å². The first kappa shape index (κ1) is 42.5. The predicted molar refractivity (Wildman–Crippen MR) is 246 cm³/mol. The number of ether oxygens (including phenoxy) is 2. The van der Waals surface area contributed by atoms with Gasteiger partial charge in [-0.05, 0) is 92.7 Å². The molecular weight excluding hydrogens is 781 g/mol. The second-order valence-electron chi connectivity index (χ2n) is 17.5. The van der Waals surface area contributed by atoms with Crippen molar-refractivity contribution in [2.45, 2.75) is 83.0 Å². The molecule has 1 aromatic heterocycles. The van der Waals surface area contributed by atoms with E-state index in [2.05, 4.69) is 20.6 Å². The fourth-order valence-electron chi connectivity index (χ4n) is 8.37. The number of para-hydroxylation sites is 4. The number of hydrogen-bond donors (Lipinski definition) is 5. The fourth-order valence-corrected chi connectivity index (χ4v) is 8.37. The molecule has 0 amide bonds. The summed E-state index contributed by atoms with van der Waals surface area (Å²) in [5.74, 6) is 0.811. The molecule has 0 saturated heterocycles. The summed E-state index contributed by atoms with van der Waals surface area (Å²) in [6.07, 6.45) is -1.08. The van der Waals surface area contributed by atoms with Crippen LogP contribution in [0.1, 0.15) is 47.0 Å². The molecule has 0 bridgehead atoms. The molecule has 320 valence electrons. The summed E-state index contributed by atoms with van der Waals surface area (Å²) < 4.78 is 15.5. The molecule has 4 unspecified atom stereocenters. The van der Waals surface area contributed by atoms with Crippen LogP contribution in [0.5, 0.6) is 11.5 Å². The number of rotatable bonds is 19. The third-order valence-electron chi connectivity index (χ3n) is 12.0. The largest absolute Gasteiger partial charge is 0.490 e. The van der Waals surface area contributed by atoms with Crippen LogP contribution in [0.2, 0.25) is 0 Å². The SMILES string of the molecule is CC(C)(CCC1=Nc2ccccc2[N+]1=O)NCC(C(O)Oc1cccc2ccccc12)C(NC(C)(C)CCn1c(=O)[nH]c2ccccc21)C(O)COc1cccc2ccccc12. The van der Waals surface area contributed by atoms with E-state index in [9.17, 15) is 19.9 Å². The Bertz CT molecular complexity index is 2780. The summed E-state index contributed by atoms with van der Waals surface area (Å²) in [5.41, 5.74) is 1.34. The van der Waals surface area contributed by atoms with E-state index in [0.717, 1.165) is 37.3 Å². The molecule has 2 heterocycles. The third-order valence-corrected chi connectivity index (χ3v) is 12.0. The van der Waals surface area contributed by atoms with Gasteiger partial charge in [0.1, 0.15) is 24.2 Å². The second kappa shape index (κ2) is 18.0. The summed E-state index contributed by atoms with van der Waals surface area (Å²) in [6, 6.07) is 41.4. The van der Waals surface area contributed by atoms with Crippen LogP contribution in [0.4, 0.5) is 11.4 Å². The monoisotopic (exact) mass is 835 g/mol. The van der Waals surface area contributed by atoms with Crippen LogP contribution in [-0.4, -0.2) is 73.0 Å². The van der Waals surface area contributed by atoms with Crippen LogP contribution >= 0.6 is 0 Å². The number of aryl methyl sites for hydroxylation is 1. The molecule has 1 aliphatic rings. The van der Waals surface area contributed by atoms with E-state index in [1.807, 2.05) is 155 Å². The zero-order valence-electron chi connectivity index (χ0n) is 35.6. The van der Waals surface area contributed by atoms with Crippen LogP contribution in [-0.2, 0) is 6.54 Å². The van der Waals surface area contributed by atoms with Gasteiger partial charge in [-0.1, -0.05) is 102 Å². The summed E-state index contributed by atoms with van der Waals surface area (Å²) in [6.45, 7) is 8.65. The molecule has 7 aromatic rings. The van der Waals surface area contributed by atoms with Crippen molar-refractivity contribution in [2.75, 3.05) is 13.2 Å². The highest BCUT2D eigenvalue weighted by Crippen LogP contribution is 2.35. The van der Waals surface area contributed by atoms with E-state index >= 15 is 0 Å². The highest BCUT2D eigenvalue weighted by Gasteiger charge is 2.40. The number of aromatic nitrogens is 2. The minimum atomic E-state index is -1.41. The maximum atomic E-state index is 13.1. The standard InChI is InChI=1S/C50H54N6O6/c1-49(2,28-27-45-52-39-22-10-12-24-41(39)56(45)60)51-31-37(47(58)62-44-26-14-18-34-16-6-8-20-36(34)44)46(42(57)32-61-43-25-13-17-33-15-5-7-19-35(33)43)54-50(3,4)29-30-55-40-23-11-9-21-38(40)53-48(55)59/h5-26,37,42,46-47,51,54,57-58H,27-32H2,1-4H3/p+1. The van der Waals surface area contributed by atoms with Gasteiger partial charge in [0.25, 0.3) is 0 Å². The zero-order chi connectivity index (χ0) is 43.4. The lowest BCUT2D eigenvalue weighted by molar-refractivity contribution is -0.329. The molecule has 0 saturated carbocycles. The number of benzene rings is 6. The molecule has 12 nitrogen and oxygen atoms in total. The van der Waals surface area contributed by atoms with Crippen molar-refractivity contribution in [3.8, 4) is 11.5 Å². The summed E-state index contributed by atoms with van der Waals surface area (Å²) in [7, 11) is 0. The minimum absolute atomic E-state index is 0.0930. The van der Waals surface area contributed by atoms with Gasteiger partial charge in [0.05, 0.1) is 23.4 Å². The molecule has 62 heavy (non-hydrogen) atoms. The number of fused-ring (bicyclic) bond motifs is 4. The van der Waals surface area contributed by atoms with E-state index in [0.29, 0.717) is 54.5 Å². The quantitative estimate of drug-likeness (QED) is 0.0402. The molecule has 8 rings (SSSR count). The van der Waals surface area contributed by atoms with E-state index in [1.54, 1.807) is 10.6 Å². The van der Waals surface area contributed by atoms with Crippen molar-refractivity contribution < 1.29 is 24.4 Å². The molecule has 0 radical (unpaired) electrons. The first-order chi connectivity index (χ1) is 29.9. The number of nitroso groups, excluding NO2 is 1.